The predicted octanol–water partition coefficient (Wildman–Crippen LogP) is 3.68. The molecule has 0 aliphatic carbocycles. The lowest BCUT2D eigenvalue weighted by Gasteiger charge is -2.16. The highest BCUT2D eigenvalue weighted by Crippen LogP contribution is 2.38. The third-order valence-electron chi connectivity index (χ3n) is 4.83. The van der Waals surface area contributed by atoms with E-state index >= 15 is 0 Å². The highest BCUT2D eigenvalue weighted by atomic mass is 32.2. The minimum absolute atomic E-state index is 0.103. The molecule has 1 aliphatic rings. The molecule has 0 radical (unpaired) electrons. The lowest BCUT2D eigenvalue weighted by Crippen LogP contribution is -2.27. The van der Waals surface area contributed by atoms with Gasteiger partial charge in [-0.3, -0.25) is 9.52 Å². The summed E-state index contributed by atoms with van der Waals surface area (Å²) in [6, 6.07) is 11.5. The van der Waals surface area contributed by atoms with Crippen LogP contribution in [0.15, 0.2) is 58.0 Å². The average molecular weight is 397 g/mol. The number of nitrogens with one attached hydrogen (secondary N) is 2. The van der Waals surface area contributed by atoms with Gasteiger partial charge in [0.05, 0.1) is 16.5 Å². The lowest BCUT2D eigenvalue weighted by molar-refractivity contribution is -0.119. The molecule has 0 atom stereocenters. The molecule has 2 N–H and O–H groups in total. The van der Waals surface area contributed by atoms with E-state index in [-0.39, 0.29) is 10.8 Å². The third-order valence-corrected chi connectivity index (χ3v) is 6.21. The third kappa shape index (κ3) is 3.05. The number of carbonyl (C=O) groups excluding carboxylic acids is 1. The number of anilines is 2. The van der Waals surface area contributed by atoms with E-state index in [1.807, 2.05) is 0 Å². The largest absolute Gasteiger partial charge is 0.441 e. The number of hydrogen-bond acceptors (Lipinski definition) is 5. The SMILES string of the molecule is Cc1ncc(-c2ccc(NS(=O)(=O)c3ccc4c(c3)C(C)(C)C(=O)N4)cc2)o1. The van der Waals surface area contributed by atoms with Gasteiger partial charge in [-0.15, -0.1) is 0 Å². The molecule has 1 aromatic heterocycles. The second kappa shape index (κ2) is 6.20. The Labute approximate surface area is 162 Å². The van der Waals surface area contributed by atoms with Gasteiger partial charge in [-0.25, -0.2) is 13.4 Å². The summed E-state index contributed by atoms with van der Waals surface area (Å²) in [7, 11) is -3.80. The molecule has 0 bridgehead atoms. The Kier molecular flexibility index (Phi) is 4.04. The van der Waals surface area contributed by atoms with Crippen molar-refractivity contribution in [1.29, 1.82) is 0 Å². The summed E-state index contributed by atoms with van der Waals surface area (Å²) in [6.45, 7) is 5.29. The summed E-state index contributed by atoms with van der Waals surface area (Å²) in [6.07, 6.45) is 1.62. The number of carbonyl (C=O) groups is 1. The maximum atomic E-state index is 12.8. The Morgan fingerprint density at radius 1 is 1.11 bits per heavy atom. The van der Waals surface area contributed by atoms with Crippen molar-refractivity contribution in [2.75, 3.05) is 10.0 Å². The summed E-state index contributed by atoms with van der Waals surface area (Å²) in [5.74, 6) is 1.03. The number of aryl methyl sites for hydroxylation is 1. The van der Waals surface area contributed by atoms with Crippen LogP contribution < -0.4 is 10.0 Å². The summed E-state index contributed by atoms with van der Waals surface area (Å²) >= 11 is 0. The molecule has 0 unspecified atom stereocenters. The Hall–Kier alpha value is -3.13. The van der Waals surface area contributed by atoms with E-state index in [9.17, 15) is 13.2 Å². The van der Waals surface area contributed by atoms with E-state index in [1.165, 1.54) is 6.07 Å². The zero-order valence-corrected chi connectivity index (χ0v) is 16.4. The van der Waals surface area contributed by atoms with Gasteiger partial charge in [0.25, 0.3) is 10.0 Å². The first-order chi connectivity index (χ1) is 13.2. The summed E-state index contributed by atoms with van der Waals surface area (Å²) in [5.41, 5.74) is 1.75. The lowest BCUT2D eigenvalue weighted by atomic mass is 9.86. The smallest absolute Gasteiger partial charge is 0.261 e. The van der Waals surface area contributed by atoms with Crippen LogP contribution in [-0.2, 0) is 20.2 Å². The van der Waals surface area contributed by atoms with Crippen molar-refractivity contribution < 1.29 is 17.6 Å². The number of hydrogen-bond donors (Lipinski definition) is 2. The van der Waals surface area contributed by atoms with E-state index in [1.54, 1.807) is 63.4 Å². The van der Waals surface area contributed by atoms with E-state index in [2.05, 4.69) is 15.0 Å². The topological polar surface area (TPSA) is 101 Å². The van der Waals surface area contributed by atoms with Crippen molar-refractivity contribution in [3.8, 4) is 11.3 Å². The van der Waals surface area contributed by atoms with E-state index in [4.69, 9.17) is 4.42 Å². The molecule has 0 fully saturated rings. The van der Waals surface area contributed by atoms with Gasteiger partial charge < -0.3 is 9.73 Å². The standard InChI is InChI=1S/C20H19N3O4S/c1-12-21-11-18(27-12)13-4-6-14(7-5-13)23-28(25,26)15-8-9-17-16(10-15)20(2,3)19(24)22-17/h4-11,23H,1-3H3,(H,22,24). The molecule has 0 saturated carbocycles. The molecular formula is C20H19N3O4S. The Bertz CT molecular complexity index is 1180. The maximum absolute atomic E-state index is 12.8. The van der Waals surface area contributed by atoms with Crippen LogP contribution in [0.3, 0.4) is 0 Å². The fourth-order valence-corrected chi connectivity index (χ4v) is 4.21. The molecule has 7 nitrogen and oxygen atoms in total. The van der Waals surface area contributed by atoms with Gasteiger partial charge in [-0.2, -0.15) is 0 Å². The molecule has 0 spiro atoms. The molecule has 1 aliphatic heterocycles. The molecular weight excluding hydrogens is 378 g/mol. The fourth-order valence-electron chi connectivity index (χ4n) is 3.13. The maximum Gasteiger partial charge on any atom is 0.261 e. The molecule has 3 aromatic rings. The van der Waals surface area contributed by atoms with Crippen LogP contribution in [0.1, 0.15) is 25.3 Å². The van der Waals surface area contributed by atoms with Crippen molar-refractivity contribution in [2.24, 2.45) is 0 Å². The number of oxazole rings is 1. The quantitative estimate of drug-likeness (QED) is 0.699. The van der Waals surface area contributed by atoms with Crippen LogP contribution in [-0.4, -0.2) is 19.3 Å². The van der Waals surface area contributed by atoms with E-state index in [0.717, 1.165) is 5.56 Å². The Balaban J connectivity index is 1.60. The Morgan fingerprint density at radius 2 is 1.82 bits per heavy atom. The van der Waals surface area contributed by atoms with Gasteiger partial charge in [0.2, 0.25) is 5.91 Å². The van der Waals surface area contributed by atoms with Gasteiger partial charge in [0.1, 0.15) is 0 Å². The van der Waals surface area contributed by atoms with Crippen LogP contribution in [0.5, 0.6) is 0 Å². The summed E-state index contributed by atoms with van der Waals surface area (Å²) < 4.78 is 33.7. The number of fused-ring (bicyclic) bond motifs is 1. The minimum Gasteiger partial charge on any atom is -0.441 e. The van der Waals surface area contributed by atoms with Gasteiger partial charge in [-0.1, -0.05) is 0 Å². The summed E-state index contributed by atoms with van der Waals surface area (Å²) in [5, 5.41) is 2.77. The highest BCUT2D eigenvalue weighted by Gasteiger charge is 2.39. The van der Waals surface area contributed by atoms with E-state index in [0.29, 0.717) is 28.6 Å². The molecule has 0 saturated heterocycles. The predicted molar refractivity (Wildman–Crippen MR) is 106 cm³/mol. The first-order valence-corrected chi connectivity index (χ1v) is 10.2. The molecule has 28 heavy (non-hydrogen) atoms. The van der Waals surface area contributed by atoms with Crippen molar-refractivity contribution in [3.05, 3.63) is 60.1 Å². The normalized spacial score (nSPS) is 15.2. The van der Waals surface area contributed by atoms with Gasteiger partial charge in [0.15, 0.2) is 11.7 Å². The van der Waals surface area contributed by atoms with Gasteiger partial charge >= 0.3 is 0 Å². The van der Waals surface area contributed by atoms with Gasteiger partial charge in [0, 0.05) is 23.9 Å². The number of sulfonamides is 1. The first-order valence-electron chi connectivity index (χ1n) is 8.68. The second-order valence-electron chi connectivity index (χ2n) is 7.21. The zero-order chi connectivity index (χ0) is 20.1. The molecule has 144 valence electrons. The van der Waals surface area contributed by atoms with Crippen LogP contribution in [0.4, 0.5) is 11.4 Å². The molecule has 1 amide bonds. The van der Waals surface area contributed by atoms with Crippen molar-refractivity contribution in [1.82, 2.24) is 4.98 Å². The van der Waals surface area contributed by atoms with Gasteiger partial charge in [-0.05, 0) is 61.9 Å². The molecule has 4 rings (SSSR count). The average Bonchev–Trinajstić information content (AvgIpc) is 3.17. The second-order valence-corrected chi connectivity index (χ2v) is 8.90. The number of aromatic nitrogens is 1. The molecule has 8 heteroatoms. The summed E-state index contributed by atoms with van der Waals surface area (Å²) in [4.78, 5) is 16.2. The number of rotatable bonds is 4. The monoisotopic (exact) mass is 397 g/mol. The first kappa shape index (κ1) is 18.2. The van der Waals surface area contributed by atoms with Crippen LogP contribution in [0.25, 0.3) is 11.3 Å². The number of amides is 1. The van der Waals surface area contributed by atoms with Crippen molar-refractivity contribution >= 4 is 27.3 Å². The van der Waals surface area contributed by atoms with Crippen LogP contribution in [0, 0.1) is 6.92 Å². The van der Waals surface area contributed by atoms with Crippen molar-refractivity contribution in [2.45, 2.75) is 31.1 Å². The zero-order valence-electron chi connectivity index (χ0n) is 15.6. The van der Waals surface area contributed by atoms with E-state index < -0.39 is 15.4 Å². The minimum atomic E-state index is -3.80. The Morgan fingerprint density at radius 3 is 2.46 bits per heavy atom. The number of benzene rings is 2. The van der Waals surface area contributed by atoms with Crippen LogP contribution in [0.2, 0.25) is 0 Å². The molecule has 2 heterocycles. The molecule has 2 aromatic carbocycles. The fraction of sp³-hybridized carbons (Fsp3) is 0.200. The van der Waals surface area contributed by atoms with Crippen LogP contribution >= 0.6 is 0 Å². The number of nitrogens with zero attached hydrogens (tertiary/aromatic N) is 1. The highest BCUT2D eigenvalue weighted by molar-refractivity contribution is 7.92. The van der Waals surface area contributed by atoms with Crippen molar-refractivity contribution in [3.63, 3.8) is 0 Å².